The molecule has 0 spiro atoms. The van der Waals surface area contributed by atoms with Crippen LogP contribution in [-0.4, -0.2) is 11.1 Å². The van der Waals surface area contributed by atoms with Gasteiger partial charge in [-0.05, 0) is 5.56 Å². The molecule has 3 N–H and O–H groups in total. The van der Waals surface area contributed by atoms with E-state index in [1.165, 1.54) is 12.5 Å². The summed E-state index contributed by atoms with van der Waals surface area (Å²) in [6.45, 7) is 0. The van der Waals surface area contributed by atoms with Gasteiger partial charge in [0, 0.05) is 12.5 Å². The topological polar surface area (TPSA) is 81.2 Å². The number of nitrogens with two attached hydrogens (primary N) is 1. The molecule has 1 atom stereocenters. The zero-order chi connectivity index (χ0) is 12.1. The van der Waals surface area contributed by atoms with Crippen LogP contribution in [0.1, 0.15) is 18.0 Å². The van der Waals surface area contributed by atoms with E-state index in [2.05, 4.69) is 15.0 Å². The number of amides is 1. The zero-order valence-electron chi connectivity index (χ0n) is 9.17. The van der Waals surface area contributed by atoms with Gasteiger partial charge in [-0.2, -0.15) is 0 Å². The number of hydrogen-bond acceptors (Lipinski definition) is 4. The number of anilines is 1. The van der Waals surface area contributed by atoms with Gasteiger partial charge >= 0.3 is 0 Å². The lowest BCUT2D eigenvalue weighted by Gasteiger charge is -2.10. The maximum Gasteiger partial charge on any atom is 0.226 e. The highest BCUT2D eigenvalue weighted by Gasteiger charge is 2.11. The average molecular weight is 231 g/mol. The minimum Gasteiger partial charge on any atom is -0.363 e. The monoisotopic (exact) mass is 231 g/mol. The van der Waals surface area contributed by atoms with Crippen molar-refractivity contribution in [3.8, 4) is 0 Å². The molecule has 2 rings (SSSR count). The van der Waals surface area contributed by atoms with Crippen molar-refractivity contribution in [2.45, 2.75) is 12.5 Å². The van der Waals surface area contributed by atoms with E-state index in [4.69, 9.17) is 5.73 Å². The van der Waals surface area contributed by atoms with Crippen molar-refractivity contribution in [2.75, 3.05) is 5.32 Å². The lowest BCUT2D eigenvalue weighted by molar-refractivity contribution is -0.116. The van der Waals surface area contributed by atoms with Crippen molar-refractivity contribution in [3.63, 3.8) is 0 Å². The normalized spacial score (nSPS) is 12.1. The molecule has 0 radical (unpaired) electrons. The molecule has 1 unspecified atom stereocenters. The summed E-state index contributed by atoms with van der Waals surface area (Å²) in [6.07, 6.45) is 3.02. The molecule has 0 fully saturated rings. The SMILES string of the molecule is NC(CC(=O)Nc1cnoc1)c1ccccc1. The van der Waals surface area contributed by atoms with Crippen molar-refractivity contribution >= 4 is 11.6 Å². The summed E-state index contributed by atoms with van der Waals surface area (Å²) in [5.41, 5.74) is 7.40. The highest BCUT2D eigenvalue weighted by atomic mass is 16.5. The van der Waals surface area contributed by atoms with E-state index in [0.29, 0.717) is 5.69 Å². The summed E-state index contributed by atoms with van der Waals surface area (Å²) >= 11 is 0. The molecule has 5 heteroatoms. The molecule has 0 saturated carbocycles. The highest BCUT2D eigenvalue weighted by molar-refractivity contribution is 5.90. The molecule has 0 saturated heterocycles. The molecule has 88 valence electrons. The number of hydrogen-bond donors (Lipinski definition) is 2. The predicted molar refractivity (Wildman–Crippen MR) is 63.1 cm³/mol. The molecule has 0 bridgehead atoms. The minimum atomic E-state index is -0.309. The molecule has 17 heavy (non-hydrogen) atoms. The van der Waals surface area contributed by atoms with E-state index in [-0.39, 0.29) is 18.4 Å². The molecule has 1 aromatic carbocycles. The number of nitrogens with one attached hydrogen (secondary N) is 1. The fourth-order valence-electron chi connectivity index (χ4n) is 1.50. The first-order valence-corrected chi connectivity index (χ1v) is 5.25. The second kappa shape index (κ2) is 5.27. The lowest BCUT2D eigenvalue weighted by atomic mass is 10.0. The first-order chi connectivity index (χ1) is 8.25. The first-order valence-electron chi connectivity index (χ1n) is 5.25. The average Bonchev–Trinajstić information content (AvgIpc) is 2.82. The lowest BCUT2D eigenvalue weighted by Crippen LogP contribution is -2.20. The Balaban J connectivity index is 1.91. The van der Waals surface area contributed by atoms with E-state index in [1.807, 2.05) is 30.3 Å². The van der Waals surface area contributed by atoms with Crippen LogP contribution in [0, 0.1) is 0 Å². The molecular formula is C12H13N3O2. The van der Waals surface area contributed by atoms with Gasteiger partial charge < -0.3 is 15.6 Å². The molecule has 1 heterocycles. The largest absolute Gasteiger partial charge is 0.363 e. The van der Waals surface area contributed by atoms with Gasteiger partial charge in [0.2, 0.25) is 5.91 Å². The number of rotatable bonds is 4. The Morgan fingerprint density at radius 2 is 2.18 bits per heavy atom. The quantitative estimate of drug-likeness (QED) is 0.839. The van der Waals surface area contributed by atoms with Crippen LogP contribution in [0.3, 0.4) is 0 Å². The van der Waals surface area contributed by atoms with Crippen LogP contribution in [0.25, 0.3) is 0 Å². The number of carbonyl (C=O) groups is 1. The zero-order valence-corrected chi connectivity index (χ0v) is 9.17. The van der Waals surface area contributed by atoms with Crippen LogP contribution < -0.4 is 11.1 Å². The van der Waals surface area contributed by atoms with Gasteiger partial charge in [0.25, 0.3) is 0 Å². The van der Waals surface area contributed by atoms with Crippen LogP contribution in [0.5, 0.6) is 0 Å². The van der Waals surface area contributed by atoms with E-state index < -0.39 is 0 Å². The van der Waals surface area contributed by atoms with Gasteiger partial charge in [-0.25, -0.2) is 0 Å². The molecule has 1 amide bonds. The standard InChI is InChI=1S/C12H13N3O2/c13-11(9-4-2-1-3-5-9)6-12(16)15-10-7-14-17-8-10/h1-5,7-8,11H,6,13H2,(H,15,16). The van der Waals surface area contributed by atoms with Crippen molar-refractivity contribution in [3.05, 3.63) is 48.4 Å². The summed E-state index contributed by atoms with van der Waals surface area (Å²) in [7, 11) is 0. The van der Waals surface area contributed by atoms with Crippen LogP contribution in [0.2, 0.25) is 0 Å². The summed E-state index contributed by atoms with van der Waals surface area (Å²) in [4.78, 5) is 11.6. The van der Waals surface area contributed by atoms with Gasteiger partial charge in [-0.3, -0.25) is 4.79 Å². The van der Waals surface area contributed by atoms with Crippen molar-refractivity contribution in [1.82, 2.24) is 5.16 Å². The van der Waals surface area contributed by atoms with Crippen molar-refractivity contribution in [1.29, 1.82) is 0 Å². The van der Waals surface area contributed by atoms with Gasteiger partial charge in [0.1, 0.15) is 12.0 Å². The molecule has 5 nitrogen and oxygen atoms in total. The number of carbonyl (C=O) groups excluding carboxylic acids is 1. The minimum absolute atomic E-state index is 0.162. The summed E-state index contributed by atoms with van der Waals surface area (Å²) < 4.78 is 4.61. The van der Waals surface area contributed by atoms with E-state index >= 15 is 0 Å². The fourth-order valence-corrected chi connectivity index (χ4v) is 1.50. The van der Waals surface area contributed by atoms with E-state index in [9.17, 15) is 4.79 Å². The molecular weight excluding hydrogens is 218 g/mol. The van der Waals surface area contributed by atoms with E-state index in [0.717, 1.165) is 5.56 Å². The van der Waals surface area contributed by atoms with Crippen molar-refractivity contribution < 1.29 is 9.32 Å². The Hall–Kier alpha value is -2.14. The smallest absolute Gasteiger partial charge is 0.226 e. The molecule has 1 aromatic heterocycles. The first kappa shape index (κ1) is 11.3. The maximum absolute atomic E-state index is 11.6. The Morgan fingerprint density at radius 1 is 1.41 bits per heavy atom. The van der Waals surface area contributed by atoms with Gasteiger partial charge in [0.05, 0.1) is 6.20 Å². The predicted octanol–water partition coefficient (Wildman–Crippen LogP) is 1.70. The molecule has 2 aromatic rings. The van der Waals surface area contributed by atoms with Crippen LogP contribution >= 0.6 is 0 Å². The third-order valence-corrected chi connectivity index (χ3v) is 2.35. The second-order valence-electron chi connectivity index (χ2n) is 3.68. The summed E-state index contributed by atoms with van der Waals surface area (Å²) in [5, 5.41) is 6.14. The summed E-state index contributed by atoms with van der Waals surface area (Å²) in [5.74, 6) is -0.162. The number of nitrogens with zero attached hydrogens (tertiary/aromatic N) is 1. The highest BCUT2D eigenvalue weighted by Crippen LogP contribution is 2.14. The Labute approximate surface area is 98.6 Å². The second-order valence-corrected chi connectivity index (χ2v) is 3.68. The van der Waals surface area contributed by atoms with Crippen LogP contribution in [-0.2, 0) is 4.79 Å². The van der Waals surface area contributed by atoms with Crippen LogP contribution in [0.4, 0.5) is 5.69 Å². The summed E-state index contributed by atoms with van der Waals surface area (Å²) in [6, 6.07) is 9.19. The maximum atomic E-state index is 11.6. The molecule has 0 aliphatic rings. The fraction of sp³-hybridized carbons (Fsp3) is 0.167. The van der Waals surface area contributed by atoms with Gasteiger partial charge in [-0.1, -0.05) is 35.5 Å². The number of benzene rings is 1. The van der Waals surface area contributed by atoms with Crippen LogP contribution in [0.15, 0.2) is 47.3 Å². The third kappa shape index (κ3) is 3.15. The van der Waals surface area contributed by atoms with E-state index in [1.54, 1.807) is 0 Å². The Morgan fingerprint density at radius 3 is 2.82 bits per heavy atom. The Bertz CT molecular complexity index is 468. The third-order valence-electron chi connectivity index (χ3n) is 2.35. The Kier molecular flexibility index (Phi) is 3.52. The number of aromatic nitrogens is 1. The molecule has 0 aliphatic carbocycles. The van der Waals surface area contributed by atoms with Crippen molar-refractivity contribution in [2.24, 2.45) is 5.73 Å². The van der Waals surface area contributed by atoms with Gasteiger partial charge in [-0.15, -0.1) is 0 Å². The molecule has 0 aliphatic heterocycles. The van der Waals surface area contributed by atoms with Gasteiger partial charge in [0.15, 0.2) is 0 Å².